The number of aromatic hydroxyl groups is 1. The first-order chi connectivity index (χ1) is 8.29. The Morgan fingerprint density at radius 1 is 1.44 bits per heavy atom. The quantitative estimate of drug-likeness (QED) is 0.838. The summed E-state index contributed by atoms with van der Waals surface area (Å²) in [5.74, 6) is -0.664. The highest BCUT2D eigenvalue weighted by atomic mass is 35.5. The van der Waals surface area contributed by atoms with E-state index in [2.05, 4.69) is 0 Å². The fourth-order valence-corrected chi connectivity index (χ4v) is 2.69. The maximum atomic E-state index is 12.8. The molecule has 18 heavy (non-hydrogen) atoms. The molecule has 98 valence electrons. The van der Waals surface area contributed by atoms with Gasteiger partial charge in [-0.3, -0.25) is 4.79 Å². The molecule has 0 spiro atoms. The van der Waals surface area contributed by atoms with E-state index >= 15 is 0 Å². The molecule has 1 N–H and O–H groups in total. The summed E-state index contributed by atoms with van der Waals surface area (Å²) in [5.41, 5.74) is 0.174. The zero-order valence-electron chi connectivity index (χ0n) is 9.01. The lowest BCUT2D eigenvalue weighted by Crippen LogP contribution is -2.27. The summed E-state index contributed by atoms with van der Waals surface area (Å²) < 4.78 is 34.4. The summed E-state index contributed by atoms with van der Waals surface area (Å²) in [4.78, 5) is 12.7. The van der Waals surface area contributed by atoms with Crippen LogP contribution in [0.1, 0.15) is 6.42 Å². The smallest absolute Gasteiger partial charge is 0.307 e. The SMILES string of the molecule is O=C1CC(S(=O)(=O)F)CN1c1cc(O)ccc1Cl. The van der Waals surface area contributed by atoms with Crippen molar-refractivity contribution in [2.75, 3.05) is 11.4 Å². The Morgan fingerprint density at radius 3 is 2.67 bits per heavy atom. The van der Waals surface area contributed by atoms with Gasteiger partial charge in [-0.05, 0) is 12.1 Å². The highest BCUT2D eigenvalue weighted by molar-refractivity contribution is 7.87. The maximum Gasteiger partial charge on any atom is 0.307 e. The first kappa shape index (κ1) is 13.1. The average molecular weight is 294 g/mol. The zero-order chi connectivity index (χ0) is 13.5. The number of hydrogen-bond donors (Lipinski definition) is 1. The largest absolute Gasteiger partial charge is 0.508 e. The number of halogens is 2. The van der Waals surface area contributed by atoms with Crippen molar-refractivity contribution in [2.45, 2.75) is 11.7 Å². The number of hydrogen-bond acceptors (Lipinski definition) is 4. The van der Waals surface area contributed by atoms with Crippen LogP contribution in [0.3, 0.4) is 0 Å². The van der Waals surface area contributed by atoms with E-state index in [1.54, 1.807) is 0 Å². The molecule has 0 radical (unpaired) electrons. The molecular formula is C10H9ClFNO4S. The van der Waals surface area contributed by atoms with Crippen molar-refractivity contribution in [3.05, 3.63) is 23.2 Å². The number of carbonyl (C=O) groups is 1. The lowest BCUT2D eigenvalue weighted by molar-refractivity contribution is -0.117. The average Bonchev–Trinajstić information content (AvgIpc) is 2.64. The van der Waals surface area contributed by atoms with Crippen molar-refractivity contribution < 1.29 is 22.2 Å². The second-order valence-electron chi connectivity index (χ2n) is 3.94. The Balaban J connectivity index is 2.35. The molecule has 1 aliphatic heterocycles. The third kappa shape index (κ3) is 2.41. The zero-order valence-corrected chi connectivity index (χ0v) is 10.6. The van der Waals surface area contributed by atoms with E-state index in [1.807, 2.05) is 0 Å². The molecule has 1 amide bonds. The van der Waals surface area contributed by atoms with Crippen LogP contribution in [0.25, 0.3) is 0 Å². The van der Waals surface area contributed by atoms with Crippen molar-refractivity contribution in [3.8, 4) is 5.75 Å². The molecule has 1 atom stereocenters. The van der Waals surface area contributed by atoms with Crippen LogP contribution < -0.4 is 4.90 Å². The van der Waals surface area contributed by atoms with Gasteiger partial charge >= 0.3 is 10.2 Å². The first-order valence-electron chi connectivity index (χ1n) is 5.01. The van der Waals surface area contributed by atoms with Crippen molar-refractivity contribution in [1.29, 1.82) is 0 Å². The normalized spacial score (nSPS) is 20.4. The summed E-state index contributed by atoms with van der Waals surface area (Å²) in [6, 6.07) is 3.93. The van der Waals surface area contributed by atoms with Crippen molar-refractivity contribution in [1.82, 2.24) is 0 Å². The standard InChI is InChI=1S/C10H9ClFNO4S/c11-8-2-1-6(14)3-9(8)13-5-7(4-10(13)15)18(12,16)17/h1-3,7,14H,4-5H2. The Morgan fingerprint density at radius 2 is 2.11 bits per heavy atom. The molecule has 1 fully saturated rings. The van der Waals surface area contributed by atoms with E-state index in [0.717, 1.165) is 4.90 Å². The number of nitrogens with zero attached hydrogens (tertiary/aromatic N) is 1. The molecular weight excluding hydrogens is 285 g/mol. The lowest BCUT2D eigenvalue weighted by atomic mass is 10.3. The summed E-state index contributed by atoms with van der Waals surface area (Å²) in [6.45, 7) is -0.305. The second-order valence-corrected chi connectivity index (χ2v) is 5.97. The number of rotatable bonds is 2. The number of amides is 1. The second kappa shape index (κ2) is 4.40. The monoisotopic (exact) mass is 293 g/mol. The van der Waals surface area contributed by atoms with Crippen LogP contribution >= 0.6 is 11.6 Å². The molecule has 0 saturated carbocycles. The van der Waals surface area contributed by atoms with Gasteiger partial charge in [-0.1, -0.05) is 11.6 Å². The Hall–Kier alpha value is -1.34. The third-order valence-electron chi connectivity index (χ3n) is 2.71. The number of phenols is 1. The van der Waals surface area contributed by atoms with Crippen LogP contribution in [0.15, 0.2) is 18.2 Å². The summed E-state index contributed by atoms with van der Waals surface area (Å²) in [7, 11) is -4.77. The summed E-state index contributed by atoms with van der Waals surface area (Å²) in [6.07, 6.45) is -0.426. The van der Waals surface area contributed by atoms with E-state index in [-0.39, 0.29) is 23.0 Å². The fourth-order valence-electron chi connectivity index (χ4n) is 1.80. The van der Waals surface area contributed by atoms with E-state index in [1.165, 1.54) is 18.2 Å². The molecule has 0 aliphatic carbocycles. The Bertz CT molecular complexity index is 604. The van der Waals surface area contributed by atoms with E-state index in [0.29, 0.717) is 0 Å². The molecule has 2 rings (SSSR count). The van der Waals surface area contributed by atoms with Gasteiger partial charge in [-0.15, -0.1) is 3.89 Å². The third-order valence-corrected chi connectivity index (χ3v) is 4.14. The lowest BCUT2D eigenvalue weighted by Gasteiger charge is -2.17. The Labute approximate surface area is 108 Å². The van der Waals surface area contributed by atoms with Crippen molar-refractivity contribution >= 4 is 33.4 Å². The summed E-state index contributed by atoms with van der Waals surface area (Å²) >= 11 is 5.86. The van der Waals surface area contributed by atoms with Gasteiger partial charge in [0.25, 0.3) is 0 Å². The number of benzene rings is 1. The van der Waals surface area contributed by atoms with Gasteiger partial charge in [0.1, 0.15) is 11.0 Å². The van der Waals surface area contributed by atoms with Gasteiger partial charge in [-0.25, -0.2) is 0 Å². The molecule has 5 nitrogen and oxygen atoms in total. The predicted octanol–water partition coefficient (Wildman–Crippen LogP) is 1.45. The number of carbonyl (C=O) groups excluding carboxylic acids is 1. The van der Waals surface area contributed by atoms with Gasteiger partial charge < -0.3 is 10.0 Å². The number of anilines is 1. The van der Waals surface area contributed by atoms with Crippen LogP contribution in [-0.2, 0) is 15.0 Å². The van der Waals surface area contributed by atoms with Crippen LogP contribution in [0.4, 0.5) is 9.57 Å². The molecule has 1 heterocycles. The fraction of sp³-hybridized carbons (Fsp3) is 0.300. The molecule has 1 aromatic carbocycles. The minimum atomic E-state index is -4.77. The van der Waals surface area contributed by atoms with Gasteiger partial charge in [-0.2, -0.15) is 8.42 Å². The molecule has 0 bridgehead atoms. The Kier molecular flexibility index (Phi) is 3.20. The van der Waals surface area contributed by atoms with Crippen molar-refractivity contribution in [2.24, 2.45) is 0 Å². The maximum absolute atomic E-state index is 12.8. The van der Waals surface area contributed by atoms with Gasteiger partial charge in [0, 0.05) is 19.0 Å². The topological polar surface area (TPSA) is 74.7 Å². The minimum Gasteiger partial charge on any atom is -0.508 e. The molecule has 8 heteroatoms. The van der Waals surface area contributed by atoms with Crippen LogP contribution in [0, 0.1) is 0 Å². The van der Waals surface area contributed by atoms with Crippen LogP contribution in [0.5, 0.6) is 5.75 Å². The highest BCUT2D eigenvalue weighted by Gasteiger charge is 2.39. The van der Waals surface area contributed by atoms with E-state index < -0.39 is 27.8 Å². The molecule has 1 unspecified atom stereocenters. The highest BCUT2D eigenvalue weighted by Crippen LogP contribution is 2.33. The molecule has 0 aromatic heterocycles. The van der Waals surface area contributed by atoms with Gasteiger partial charge in [0.15, 0.2) is 0 Å². The van der Waals surface area contributed by atoms with Crippen molar-refractivity contribution in [3.63, 3.8) is 0 Å². The predicted molar refractivity (Wildman–Crippen MR) is 63.9 cm³/mol. The van der Waals surface area contributed by atoms with E-state index in [4.69, 9.17) is 11.6 Å². The molecule has 1 saturated heterocycles. The van der Waals surface area contributed by atoms with E-state index in [9.17, 15) is 22.2 Å². The minimum absolute atomic E-state index is 0.117. The van der Waals surface area contributed by atoms with Crippen LogP contribution in [-0.4, -0.2) is 31.2 Å². The molecule has 1 aliphatic rings. The molecule has 1 aromatic rings. The first-order valence-corrected chi connectivity index (χ1v) is 6.84. The summed E-state index contributed by atoms with van der Waals surface area (Å²) in [5, 5.41) is 8.11. The van der Waals surface area contributed by atoms with Crippen LogP contribution in [0.2, 0.25) is 5.02 Å². The van der Waals surface area contributed by atoms with Gasteiger partial charge in [0.2, 0.25) is 5.91 Å². The number of phenolic OH excluding ortho intramolecular Hbond substituents is 1. The van der Waals surface area contributed by atoms with Gasteiger partial charge in [0.05, 0.1) is 10.7 Å².